The van der Waals surface area contributed by atoms with Gasteiger partial charge < -0.3 is 20.4 Å². The minimum atomic E-state index is -1.03. The third-order valence-corrected chi connectivity index (χ3v) is 10.2. The van der Waals surface area contributed by atoms with E-state index in [2.05, 4.69) is 30.4 Å². The number of rotatable bonds is 8. The second kappa shape index (κ2) is 10.2. The van der Waals surface area contributed by atoms with Gasteiger partial charge >= 0.3 is 5.97 Å². The number of carbonyl (C=O) groups excluding carboxylic acids is 1. The fourth-order valence-electron chi connectivity index (χ4n) is 7.52. The normalized spacial score (nSPS) is 38.8. The Balaban J connectivity index is 1.36. The fourth-order valence-corrected chi connectivity index (χ4v) is 7.99. The predicted octanol–water partition coefficient (Wildman–Crippen LogP) is 4.01. The fraction of sp³-hybridized carbons (Fsp3) is 0.808. The summed E-state index contributed by atoms with van der Waals surface area (Å²) in [5, 5.41) is 26.6. The van der Waals surface area contributed by atoms with Crippen LogP contribution in [0, 0.1) is 28.6 Å². The Kier molecular flexibility index (Phi) is 7.67. The number of carboxylic acids is 1. The topological polar surface area (TPSA) is 108 Å². The number of oxime groups is 1. The lowest BCUT2D eigenvalue weighted by molar-refractivity contribution is -0.142. The number of thioether (sulfide) groups is 1. The van der Waals surface area contributed by atoms with Crippen LogP contribution < -0.4 is 5.32 Å². The van der Waals surface area contributed by atoms with E-state index >= 15 is 0 Å². The highest BCUT2D eigenvalue weighted by atomic mass is 32.2. The molecular formula is C26H40N2O5S. The molecule has 4 aliphatic rings. The number of nitrogens with one attached hydrogen (secondary N) is 1. The van der Waals surface area contributed by atoms with Crippen molar-refractivity contribution < 1.29 is 24.6 Å². The summed E-state index contributed by atoms with van der Waals surface area (Å²) in [7, 11) is 0. The monoisotopic (exact) mass is 492 g/mol. The van der Waals surface area contributed by atoms with E-state index in [1.807, 2.05) is 6.26 Å². The molecule has 0 aliphatic heterocycles. The molecule has 0 aromatic carbocycles. The third kappa shape index (κ3) is 4.77. The average molecular weight is 493 g/mol. The Morgan fingerprint density at radius 1 is 1.21 bits per heavy atom. The number of aliphatic carboxylic acids is 1. The number of fused-ring (bicyclic) bond motifs is 5. The van der Waals surface area contributed by atoms with Gasteiger partial charge in [-0.3, -0.25) is 4.79 Å². The lowest BCUT2D eigenvalue weighted by atomic mass is 9.47. The van der Waals surface area contributed by atoms with Gasteiger partial charge in [0.2, 0.25) is 0 Å². The van der Waals surface area contributed by atoms with Crippen molar-refractivity contribution in [3.05, 3.63) is 11.6 Å². The van der Waals surface area contributed by atoms with Crippen LogP contribution in [0.15, 0.2) is 16.8 Å². The molecule has 0 aromatic heterocycles. The summed E-state index contributed by atoms with van der Waals surface area (Å²) in [5.74, 6) is 1.17. The van der Waals surface area contributed by atoms with Crippen LogP contribution in [0.5, 0.6) is 0 Å². The molecule has 3 N–H and O–H groups in total. The highest BCUT2D eigenvalue weighted by molar-refractivity contribution is 7.98. The van der Waals surface area contributed by atoms with Crippen molar-refractivity contribution in [1.82, 2.24) is 5.32 Å². The van der Waals surface area contributed by atoms with Gasteiger partial charge in [-0.2, -0.15) is 11.8 Å². The maximum absolute atomic E-state index is 12.1. The number of amides is 1. The van der Waals surface area contributed by atoms with Gasteiger partial charge in [0.05, 0.1) is 11.8 Å². The number of carboxylic acid groups (broad SMARTS) is 1. The molecule has 0 spiro atoms. The number of nitrogens with zero attached hydrogens (tertiary/aromatic N) is 1. The zero-order valence-corrected chi connectivity index (χ0v) is 21.5. The number of aliphatic hydroxyl groups excluding tert-OH is 1. The zero-order chi connectivity index (χ0) is 24.5. The molecule has 4 rings (SSSR count). The lowest BCUT2D eigenvalue weighted by Gasteiger charge is -2.57. The summed E-state index contributed by atoms with van der Waals surface area (Å²) in [6.45, 7) is 4.47. The average Bonchev–Trinajstić information content (AvgIpc) is 3.11. The van der Waals surface area contributed by atoms with Gasteiger partial charge in [-0.05, 0) is 104 Å². The van der Waals surface area contributed by atoms with E-state index in [0.717, 1.165) is 44.2 Å². The molecule has 7 nitrogen and oxygen atoms in total. The highest BCUT2D eigenvalue weighted by Gasteiger charge is 2.58. The van der Waals surface area contributed by atoms with Crippen molar-refractivity contribution in [3.8, 4) is 0 Å². The quantitative estimate of drug-likeness (QED) is 0.442. The molecule has 0 unspecified atom stereocenters. The molecule has 190 valence electrons. The van der Waals surface area contributed by atoms with Crippen molar-refractivity contribution in [2.75, 3.05) is 18.6 Å². The number of hydrogen-bond donors (Lipinski definition) is 3. The molecule has 3 fully saturated rings. The number of carbonyl (C=O) groups is 2. The molecule has 0 saturated heterocycles. The van der Waals surface area contributed by atoms with Crippen LogP contribution >= 0.6 is 11.8 Å². The summed E-state index contributed by atoms with van der Waals surface area (Å²) in [6.07, 6.45) is 12.9. The van der Waals surface area contributed by atoms with E-state index in [9.17, 15) is 19.8 Å². The molecule has 8 heteroatoms. The first-order chi connectivity index (χ1) is 16.2. The first-order valence-electron chi connectivity index (χ1n) is 12.8. The molecule has 0 bridgehead atoms. The van der Waals surface area contributed by atoms with Gasteiger partial charge in [0.15, 0.2) is 6.61 Å². The third-order valence-electron chi connectivity index (χ3n) is 9.55. The van der Waals surface area contributed by atoms with E-state index in [1.165, 1.54) is 18.4 Å². The van der Waals surface area contributed by atoms with Crippen LogP contribution in [0.1, 0.15) is 71.6 Å². The van der Waals surface area contributed by atoms with Crippen molar-refractivity contribution in [3.63, 3.8) is 0 Å². The van der Waals surface area contributed by atoms with E-state index < -0.39 is 17.9 Å². The van der Waals surface area contributed by atoms with Crippen molar-refractivity contribution in [2.24, 2.45) is 33.7 Å². The first kappa shape index (κ1) is 25.5. The Hall–Kier alpha value is -1.54. The van der Waals surface area contributed by atoms with E-state index in [1.54, 1.807) is 11.8 Å². The second-order valence-electron chi connectivity index (χ2n) is 11.2. The summed E-state index contributed by atoms with van der Waals surface area (Å²) in [6, 6.07) is -0.901. The molecule has 4 aliphatic carbocycles. The van der Waals surface area contributed by atoms with Gasteiger partial charge in [0, 0.05) is 0 Å². The van der Waals surface area contributed by atoms with Crippen molar-refractivity contribution >= 4 is 29.4 Å². The van der Waals surface area contributed by atoms with Gasteiger partial charge in [-0.15, -0.1) is 0 Å². The van der Waals surface area contributed by atoms with Crippen LogP contribution in [-0.2, 0) is 14.4 Å². The van der Waals surface area contributed by atoms with E-state index in [0.29, 0.717) is 29.9 Å². The van der Waals surface area contributed by atoms with Crippen molar-refractivity contribution in [2.45, 2.75) is 83.8 Å². The van der Waals surface area contributed by atoms with Crippen molar-refractivity contribution in [1.29, 1.82) is 0 Å². The molecule has 1 amide bonds. The summed E-state index contributed by atoms with van der Waals surface area (Å²) in [5.41, 5.74) is 2.61. The van der Waals surface area contributed by atoms with Gasteiger partial charge in [0.1, 0.15) is 6.04 Å². The molecule has 34 heavy (non-hydrogen) atoms. The maximum atomic E-state index is 12.1. The minimum absolute atomic E-state index is 0.101. The number of aliphatic hydroxyl groups is 1. The minimum Gasteiger partial charge on any atom is -0.480 e. The van der Waals surface area contributed by atoms with Gasteiger partial charge in [-0.25, -0.2) is 4.79 Å². The smallest absolute Gasteiger partial charge is 0.326 e. The summed E-state index contributed by atoms with van der Waals surface area (Å²) < 4.78 is 0. The first-order valence-corrected chi connectivity index (χ1v) is 14.2. The Morgan fingerprint density at radius 3 is 2.74 bits per heavy atom. The van der Waals surface area contributed by atoms with Crippen LogP contribution in [0.4, 0.5) is 0 Å². The predicted molar refractivity (Wildman–Crippen MR) is 134 cm³/mol. The van der Waals surface area contributed by atoms with Gasteiger partial charge in [0.25, 0.3) is 5.91 Å². The standard InChI is InChI=1S/C26H40N2O5S/c1-25-11-8-17(28-33-15-23(30)27-21(24(31)32)10-13-34-3)14-16(25)4-5-18-19-6-7-22(29)26(19,2)12-9-20(18)25/h14,18-22,29H,4-13,15H2,1-3H3,(H,27,30)(H,31,32)/t18-,19+,20-,21+,22+,25+,26+/m1/s1. The highest BCUT2D eigenvalue weighted by Crippen LogP contribution is 2.65. The van der Waals surface area contributed by atoms with Crippen LogP contribution in [-0.4, -0.2) is 58.6 Å². The SMILES string of the molecule is CSCC[C@H](NC(=O)CON=C1C=C2CC[C@H]3[C@@H](CC[C@]4(C)[C@@H](O)CC[C@@H]34)[C@@]2(C)CC1)C(=O)O. The Bertz CT molecular complexity index is 860. The molecule has 7 atom stereocenters. The van der Waals surface area contributed by atoms with E-state index in [4.69, 9.17) is 4.84 Å². The summed E-state index contributed by atoms with van der Waals surface area (Å²) in [4.78, 5) is 28.8. The largest absolute Gasteiger partial charge is 0.480 e. The molecule has 0 aromatic rings. The molecular weight excluding hydrogens is 452 g/mol. The number of hydrogen-bond acceptors (Lipinski definition) is 6. The molecule has 0 radical (unpaired) electrons. The van der Waals surface area contributed by atoms with E-state index in [-0.39, 0.29) is 23.5 Å². The van der Waals surface area contributed by atoms with Crippen LogP contribution in [0.3, 0.4) is 0 Å². The molecule has 3 saturated carbocycles. The summed E-state index contributed by atoms with van der Waals surface area (Å²) >= 11 is 1.55. The van der Waals surface area contributed by atoms with Crippen LogP contribution in [0.25, 0.3) is 0 Å². The Labute approximate surface area is 207 Å². The Morgan fingerprint density at radius 2 is 2.00 bits per heavy atom. The zero-order valence-electron chi connectivity index (χ0n) is 20.7. The second-order valence-corrected chi connectivity index (χ2v) is 12.2. The molecule has 0 heterocycles. The number of allylic oxidation sites excluding steroid dienone is 2. The van der Waals surface area contributed by atoms with Crippen LogP contribution in [0.2, 0.25) is 0 Å². The lowest BCUT2D eigenvalue weighted by Crippen LogP contribution is -2.51. The maximum Gasteiger partial charge on any atom is 0.326 e. The van der Waals surface area contributed by atoms with Gasteiger partial charge in [-0.1, -0.05) is 24.6 Å².